The summed E-state index contributed by atoms with van der Waals surface area (Å²) >= 11 is 0. The van der Waals surface area contributed by atoms with E-state index in [0.29, 0.717) is 5.92 Å². The van der Waals surface area contributed by atoms with Gasteiger partial charge in [0.15, 0.2) is 5.82 Å². The first-order valence-electron chi connectivity index (χ1n) is 7.01. The highest BCUT2D eigenvalue weighted by Crippen LogP contribution is 2.30. The van der Waals surface area contributed by atoms with E-state index >= 15 is 0 Å². The second-order valence-electron chi connectivity index (χ2n) is 5.36. The highest BCUT2D eigenvalue weighted by molar-refractivity contribution is 5.01. The Morgan fingerprint density at radius 1 is 1.39 bits per heavy atom. The van der Waals surface area contributed by atoms with Crippen molar-refractivity contribution in [2.24, 2.45) is 5.92 Å². The third kappa shape index (κ3) is 2.42. The van der Waals surface area contributed by atoms with Gasteiger partial charge in [0, 0.05) is 12.5 Å². The lowest BCUT2D eigenvalue weighted by Crippen LogP contribution is -2.31. The standard InChI is InChI=1S/C13H21N3O2/c1-2-9-3-5-14-11(7-9)13-15-12(16-18-13)10-4-6-17-8-10/h9-11,14H,2-8H2,1H3. The average molecular weight is 251 g/mol. The molecule has 3 rings (SSSR count). The van der Waals surface area contributed by atoms with Crippen LogP contribution in [0, 0.1) is 5.92 Å². The summed E-state index contributed by atoms with van der Waals surface area (Å²) in [6.07, 6.45) is 4.61. The van der Waals surface area contributed by atoms with Crippen LogP contribution in [0.2, 0.25) is 0 Å². The van der Waals surface area contributed by atoms with Crippen molar-refractivity contribution in [2.75, 3.05) is 19.8 Å². The summed E-state index contributed by atoms with van der Waals surface area (Å²) in [6, 6.07) is 0.243. The number of aromatic nitrogens is 2. The van der Waals surface area contributed by atoms with E-state index in [4.69, 9.17) is 9.26 Å². The summed E-state index contributed by atoms with van der Waals surface area (Å²) in [6.45, 7) is 4.85. The fourth-order valence-electron chi connectivity index (χ4n) is 2.85. The molecule has 100 valence electrons. The maximum Gasteiger partial charge on any atom is 0.243 e. The van der Waals surface area contributed by atoms with Gasteiger partial charge in [-0.3, -0.25) is 0 Å². The first kappa shape index (κ1) is 12.1. The van der Waals surface area contributed by atoms with Gasteiger partial charge in [0.1, 0.15) is 0 Å². The predicted molar refractivity (Wildman–Crippen MR) is 66.2 cm³/mol. The monoisotopic (exact) mass is 251 g/mol. The molecule has 3 heterocycles. The van der Waals surface area contributed by atoms with E-state index in [2.05, 4.69) is 22.4 Å². The molecule has 2 fully saturated rings. The maximum absolute atomic E-state index is 5.43. The van der Waals surface area contributed by atoms with Gasteiger partial charge in [0.05, 0.1) is 12.6 Å². The minimum Gasteiger partial charge on any atom is -0.381 e. The number of piperidine rings is 1. The molecule has 0 radical (unpaired) electrons. The van der Waals surface area contributed by atoms with Crippen molar-refractivity contribution in [3.63, 3.8) is 0 Å². The molecular formula is C13H21N3O2. The van der Waals surface area contributed by atoms with Gasteiger partial charge in [0.25, 0.3) is 0 Å². The molecule has 2 aliphatic rings. The third-order valence-electron chi connectivity index (χ3n) is 4.14. The molecular weight excluding hydrogens is 230 g/mol. The zero-order valence-corrected chi connectivity index (χ0v) is 10.9. The number of ether oxygens (including phenoxy) is 1. The summed E-state index contributed by atoms with van der Waals surface area (Å²) in [5.74, 6) is 2.69. The molecule has 2 saturated heterocycles. The van der Waals surface area contributed by atoms with E-state index in [9.17, 15) is 0 Å². The first-order chi connectivity index (χ1) is 8.86. The molecule has 0 amide bonds. The zero-order chi connectivity index (χ0) is 12.4. The second kappa shape index (κ2) is 5.36. The average Bonchev–Trinajstić information content (AvgIpc) is 3.09. The normalized spacial score (nSPS) is 32.8. The summed E-state index contributed by atoms with van der Waals surface area (Å²) < 4.78 is 10.8. The quantitative estimate of drug-likeness (QED) is 0.890. The molecule has 2 aliphatic heterocycles. The Morgan fingerprint density at radius 2 is 2.33 bits per heavy atom. The number of rotatable bonds is 3. The van der Waals surface area contributed by atoms with Gasteiger partial charge in [0.2, 0.25) is 5.89 Å². The molecule has 1 aromatic heterocycles. The summed E-state index contributed by atoms with van der Waals surface area (Å²) in [4.78, 5) is 4.56. The van der Waals surface area contributed by atoms with Crippen LogP contribution in [0.15, 0.2) is 4.52 Å². The topological polar surface area (TPSA) is 60.2 Å². The van der Waals surface area contributed by atoms with Gasteiger partial charge in [-0.05, 0) is 31.7 Å². The molecule has 0 saturated carbocycles. The Kier molecular flexibility index (Phi) is 3.61. The van der Waals surface area contributed by atoms with Crippen LogP contribution in [0.5, 0.6) is 0 Å². The molecule has 5 heteroatoms. The molecule has 0 aliphatic carbocycles. The Labute approximate surface area is 107 Å². The highest BCUT2D eigenvalue weighted by Gasteiger charge is 2.28. The van der Waals surface area contributed by atoms with Crippen LogP contribution in [0.3, 0.4) is 0 Å². The minimum atomic E-state index is 0.243. The number of nitrogens with one attached hydrogen (secondary N) is 1. The van der Waals surface area contributed by atoms with Gasteiger partial charge < -0.3 is 14.6 Å². The van der Waals surface area contributed by atoms with Gasteiger partial charge >= 0.3 is 0 Å². The van der Waals surface area contributed by atoms with E-state index in [-0.39, 0.29) is 6.04 Å². The lowest BCUT2D eigenvalue weighted by molar-refractivity contribution is 0.192. The van der Waals surface area contributed by atoms with Crippen molar-refractivity contribution in [3.8, 4) is 0 Å². The van der Waals surface area contributed by atoms with Crippen molar-refractivity contribution < 1.29 is 9.26 Å². The predicted octanol–water partition coefficient (Wildman–Crippen LogP) is 2.02. The Morgan fingerprint density at radius 3 is 3.11 bits per heavy atom. The van der Waals surface area contributed by atoms with E-state index in [1.54, 1.807) is 0 Å². The van der Waals surface area contributed by atoms with Crippen molar-refractivity contribution in [3.05, 3.63) is 11.7 Å². The van der Waals surface area contributed by atoms with Crippen LogP contribution in [0.1, 0.15) is 56.3 Å². The molecule has 0 aromatic carbocycles. The number of hydrogen-bond donors (Lipinski definition) is 1. The van der Waals surface area contributed by atoms with Gasteiger partial charge in [-0.1, -0.05) is 18.5 Å². The van der Waals surface area contributed by atoms with Crippen molar-refractivity contribution >= 4 is 0 Å². The lowest BCUT2D eigenvalue weighted by Gasteiger charge is -2.27. The van der Waals surface area contributed by atoms with Gasteiger partial charge in [-0.15, -0.1) is 0 Å². The lowest BCUT2D eigenvalue weighted by atomic mass is 9.90. The molecule has 3 atom stereocenters. The van der Waals surface area contributed by atoms with Crippen LogP contribution in [0.25, 0.3) is 0 Å². The smallest absolute Gasteiger partial charge is 0.243 e. The summed E-state index contributed by atoms with van der Waals surface area (Å²) in [7, 11) is 0. The fraction of sp³-hybridized carbons (Fsp3) is 0.846. The second-order valence-corrected chi connectivity index (χ2v) is 5.36. The molecule has 1 N–H and O–H groups in total. The minimum absolute atomic E-state index is 0.243. The van der Waals surface area contributed by atoms with Crippen LogP contribution in [-0.4, -0.2) is 29.9 Å². The molecule has 1 aromatic rings. The number of nitrogens with zero attached hydrogens (tertiary/aromatic N) is 2. The van der Waals surface area contributed by atoms with Crippen LogP contribution < -0.4 is 5.32 Å². The zero-order valence-electron chi connectivity index (χ0n) is 10.9. The van der Waals surface area contributed by atoms with Gasteiger partial charge in [-0.2, -0.15) is 4.98 Å². The van der Waals surface area contributed by atoms with Crippen LogP contribution >= 0.6 is 0 Å². The van der Waals surface area contributed by atoms with Crippen LogP contribution in [0.4, 0.5) is 0 Å². The largest absolute Gasteiger partial charge is 0.381 e. The fourth-order valence-corrected chi connectivity index (χ4v) is 2.85. The van der Waals surface area contributed by atoms with Crippen LogP contribution in [-0.2, 0) is 4.74 Å². The van der Waals surface area contributed by atoms with E-state index in [1.165, 1.54) is 12.8 Å². The van der Waals surface area contributed by atoms with E-state index in [0.717, 1.165) is 50.2 Å². The first-order valence-corrected chi connectivity index (χ1v) is 7.01. The third-order valence-corrected chi connectivity index (χ3v) is 4.14. The summed E-state index contributed by atoms with van der Waals surface area (Å²) in [5.41, 5.74) is 0. The Bertz CT molecular complexity index is 387. The molecule has 5 nitrogen and oxygen atoms in total. The molecule has 0 spiro atoms. The van der Waals surface area contributed by atoms with Crippen molar-refractivity contribution in [1.82, 2.24) is 15.5 Å². The Hall–Kier alpha value is -0.940. The Balaban J connectivity index is 1.68. The van der Waals surface area contributed by atoms with E-state index in [1.807, 2.05) is 0 Å². The SMILES string of the molecule is CCC1CCNC(c2nc(C3CCOC3)no2)C1. The van der Waals surface area contributed by atoms with Crippen molar-refractivity contribution in [2.45, 2.75) is 44.6 Å². The highest BCUT2D eigenvalue weighted by atomic mass is 16.5. The van der Waals surface area contributed by atoms with Gasteiger partial charge in [-0.25, -0.2) is 0 Å². The van der Waals surface area contributed by atoms with Crippen molar-refractivity contribution in [1.29, 1.82) is 0 Å². The maximum atomic E-state index is 5.43. The summed E-state index contributed by atoms with van der Waals surface area (Å²) in [5, 5.41) is 7.59. The molecule has 3 unspecified atom stereocenters. The van der Waals surface area contributed by atoms with E-state index < -0.39 is 0 Å². The number of hydrogen-bond acceptors (Lipinski definition) is 5. The molecule has 0 bridgehead atoms. The molecule has 18 heavy (non-hydrogen) atoms.